The van der Waals surface area contributed by atoms with Crippen LogP contribution in [-0.2, 0) is 16.0 Å². The fourth-order valence-corrected chi connectivity index (χ4v) is 2.53. The molecule has 1 heterocycles. The number of carbonyl (C=O) groups excluding carboxylic acids is 2. The van der Waals surface area contributed by atoms with Crippen LogP contribution in [0, 0.1) is 0 Å². The molecule has 22 heavy (non-hydrogen) atoms. The van der Waals surface area contributed by atoms with Crippen LogP contribution in [0.3, 0.4) is 0 Å². The number of hydrogen-bond acceptors (Lipinski definition) is 4. The molecule has 0 unspecified atom stereocenters. The molecule has 0 saturated carbocycles. The predicted octanol–water partition coefficient (Wildman–Crippen LogP) is 0.256. The third-order valence-electron chi connectivity index (χ3n) is 3.82. The Labute approximate surface area is 130 Å². The fraction of sp³-hybridized carbons (Fsp3) is 0.500. The molecule has 1 aliphatic rings. The molecule has 0 spiro atoms. The minimum absolute atomic E-state index is 0.0557. The van der Waals surface area contributed by atoms with E-state index in [1.54, 1.807) is 23.8 Å². The number of amides is 2. The van der Waals surface area contributed by atoms with Gasteiger partial charge in [-0.1, -0.05) is 12.1 Å². The average molecular weight is 305 g/mol. The summed E-state index contributed by atoms with van der Waals surface area (Å²) in [5, 5.41) is 0. The maximum atomic E-state index is 12.3. The SMILES string of the molecule is COc1cccc(CC(=O)N2CCN(C(=O)[C@H](C)N)CC2)c1. The third-order valence-corrected chi connectivity index (χ3v) is 3.82. The molecule has 0 bridgehead atoms. The first-order valence-electron chi connectivity index (χ1n) is 7.46. The molecule has 0 aromatic heterocycles. The molecular formula is C16H23N3O3. The summed E-state index contributed by atoms with van der Waals surface area (Å²) in [6, 6.07) is 7.02. The van der Waals surface area contributed by atoms with Crippen molar-refractivity contribution in [1.82, 2.24) is 9.80 Å². The van der Waals surface area contributed by atoms with E-state index < -0.39 is 6.04 Å². The number of benzene rings is 1. The van der Waals surface area contributed by atoms with Gasteiger partial charge in [0.05, 0.1) is 19.6 Å². The Morgan fingerprint density at radius 3 is 2.45 bits per heavy atom. The summed E-state index contributed by atoms with van der Waals surface area (Å²) in [5.41, 5.74) is 6.54. The molecule has 2 rings (SSSR count). The first kappa shape index (κ1) is 16.3. The third kappa shape index (κ3) is 3.98. The molecule has 6 nitrogen and oxygen atoms in total. The second-order valence-corrected chi connectivity index (χ2v) is 5.52. The summed E-state index contributed by atoms with van der Waals surface area (Å²) >= 11 is 0. The highest BCUT2D eigenvalue weighted by Crippen LogP contribution is 2.14. The van der Waals surface area contributed by atoms with Crippen molar-refractivity contribution in [1.29, 1.82) is 0 Å². The Morgan fingerprint density at radius 1 is 1.23 bits per heavy atom. The van der Waals surface area contributed by atoms with Gasteiger partial charge in [-0.15, -0.1) is 0 Å². The zero-order valence-corrected chi connectivity index (χ0v) is 13.1. The highest BCUT2D eigenvalue weighted by atomic mass is 16.5. The van der Waals surface area contributed by atoms with E-state index in [1.165, 1.54) is 0 Å². The van der Waals surface area contributed by atoms with Crippen molar-refractivity contribution in [3.63, 3.8) is 0 Å². The van der Waals surface area contributed by atoms with Crippen molar-refractivity contribution >= 4 is 11.8 Å². The van der Waals surface area contributed by atoms with Crippen LogP contribution in [0.1, 0.15) is 12.5 Å². The lowest BCUT2D eigenvalue weighted by atomic mass is 10.1. The van der Waals surface area contributed by atoms with Crippen molar-refractivity contribution in [2.45, 2.75) is 19.4 Å². The van der Waals surface area contributed by atoms with Gasteiger partial charge in [-0.05, 0) is 24.6 Å². The molecule has 6 heteroatoms. The van der Waals surface area contributed by atoms with Gasteiger partial charge in [-0.25, -0.2) is 0 Å². The topological polar surface area (TPSA) is 75.9 Å². The van der Waals surface area contributed by atoms with Gasteiger partial charge in [0.15, 0.2) is 0 Å². The Bertz CT molecular complexity index is 537. The van der Waals surface area contributed by atoms with Crippen LogP contribution in [0.5, 0.6) is 5.75 Å². The lowest BCUT2D eigenvalue weighted by Crippen LogP contribution is -2.54. The Hall–Kier alpha value is -2.08. The van der Waals surface area contributed by atoms with E-state index in [2.05, 4.69) is 0 Å². The Kier molecular flexibility index (Phi) is 5.38. The summed E-state index contributed by atoms with van der Waals surface area (Å²) in [4.78, 5) is 27.7. The van der Waals surface area contributed by atoms with E-state index in [1.807, 2.05) is 24.3 Å². The summed E-state index contributed by atoms with van der Waals surface area (Å²) in [6.45, 7) is 3.89. The monoisotopic (exact) mass is 305 g/mol. The first-order valence-corrected chi connectivity index (χ1v) is 7.46. The molecule has 1 aromatic rings. The molecule has 0 radical (unpaired) electrons. The number of hydrogen-bond donors (Lipinski definition) is 1. The fourth-order valence-electron chi connectivity index (χ4n) is 2.53. The largest absolute Gasteiger partial charge is 0.497 e. The van der Waals surface area contributed by atoms with Crippen molar-refractivity contribution in [2.24, 2.45) is 5.73 Å². The Balaban J connectivity index is 1.88. The van der Waals surface area contributed by atoms with E-state index in [9.17, 15) is 9.59 Å². The zero-order valence-electron chi connectivity index (χ0n) is 13.1. The van der Waals surface area contributed by atoms with Crippen molar-refractivity contribution in [2.75, 3.05) is 33.3 Å². The van der Waals surface area contributed by atoms with E-state index in [-0.39, 0.29) is 11.8 Å². The molecule has 120 valence electrons. The average Bonchev–Trinajstić information content (AvgIpc) is 2.54. The predicted molar refractivity (Wildman–Crippen MR) is 83.5 cm³/mol. The minimum Gasteiger partial charge on any atom is -0.497 e. The van der Waals surface area contributed by atoms with Crippen molar-refractivity contribution in [3.8, 4) is 5.75 Å². The molecule has 1 aromatic carbocycles. The van der Waals surface area contributed by atoms with Gasteiger partial charge in [0.2, 0.25) is 11.8 Å². The molecule has 2 amide bonds. The number of carbonyl (C=O) groups is 2. The van der Waals surface area contributed by atoms with Crippen LogP contribution in [0.2, 0.25) is 0 Å². The van der Waals surface area contributed by atoms with Gasteiger partial charge in [-0.2, -0.15) is 0 Å². The van der Waals surface area contributed by atoms with E-state index >= 15 is 0 Å². The zero-order chi connectivity index (χ0) is 16.1. The van der Waals surface area contributed by atoms with Gasteiger partial charge in [0.25, 0.3) is 0 Å². The lowest BCUT2D eigenvalue weighted by molar-refractivity contribution is -0.139. The highest BCUT2D eigenvalue weighted by Gasteiger charge is 2.25. The standard InChI is InChI=1S/C16H23N3O3/c1-12(17)16(21)19-8-6-18(7-9-19)15(20)11-13-4-3-5-14(10-13)22-2/h3-5,10,12H,6-9,11,17H2,1-2H3/t12-/m0/s1. The van der Waals surface area contributed by atoms with E-state index in [0.29, 0.717) is 32.6 Å². The smallest absolute Gasteiger partial charge is 0.239 e. The van der Waals surface area contributed by atoms with Crippen molar-refractivity contribution < 1.29 is 14.3 Å². The van der Waals surface area contributed by atoms with E-state index in [0.717, 1.165) is 11.3 Å². The minimum atomic E-state index is -0.487. The second-order valence-electron chi connectivity index (χ2n) is 5.52. The maximum Gasteiger partial charge on any atom is 0.239 e. The van der Waals surface area contributed by atoms with Gasteiger partial charge < -0.3 is 20.3 Å². The van der Waals surface area contributed by atoms with Gasteiger partial charge in [0, 0.05) is 26.2 Å². The molecule has 1 atom stereocenters. The summed E-state index contributed by atoms with van der Waals surface area (Å²) in [5.74, 6) is 0.763. The number of nitrogens with zero attached hydrogens (tertiary/aromatic N) is 2. The summed E-state index contributed by atoms with van der Waals surface area (Å²) < 4.78 is 5.16. The number of rotatable bonds is 4. The molecule has 1 saturated heterocycles. The second kappa shape index (κ2) is 7.26. The van der Waals surface area contributed by atoms with Crippen LogP contribution >= 0.6 is 0 Å². The van der Waals surface area contributed by atoms with Gasteiger partial charge in [-0.3, -0.25) is 9.59 Å². The van der Waals surface area contributed by atoms with Crippen LogP contribution in [0.15, 0.2) is 24.3 Å². The molecular weight excluding hydrogens is 282 g/mol. The van der Waals surface area contributed by atoms with Crippen LogP contribution < -0.4 is 10.5 Å². The summed E-state index contributed by atoms with van der Waals surface area (Å²) in [6.07, 6.45) is 0.346. The van der Waals surface area contributed by atoms with Crippen LogP contribution in [-0.4, -0.2) is 60.9 Å². The van der Waals surface area contributed by atoms with Crippen molar-refractivity contribution in [3.05, 3.63) is 29.8 Å². The number of nitrogens with two attached hydrogens (primary N) is 1. The number of methoxy groups -OCH3 is 1. The van der Waals surface area contributed by atoms with E-state index in [4.69, 9.17) is 10.5 Å². The molecule has 1 aliphatic heterocycles. The first-order chi connectivity index (χ1) is 10.5. The molecule has 1 fully saturated rings. The molecule has 2 N–H and O–H groups in total. The normalized spacial score (nSPS) is 16.3. The van der Waals surface area contributed by atoms with Crippen LogP contribution in [0.25, 0.3) is 0 Å². The highest BCUT2D eigenvalue weighted by molar-refractivity contribution is 5.82. The molecule has 0 aliphatic carbocycles. The maximum absolute atomic E-state index is 12.3. The van der Waals surface area contributed by atoms with Gasteiger partial charge in [0.1, 0.15) is 5.75 Å². The number of ether oxygens (including phenoxy) is 1. The quantitative estimate of drug-likeness (QED) is 0.865. The lowest BCUT2D eigenvalue weighted by Gasteiger charge is -2.35. The number of piperazine rings is 1. The van der Waals surface area contributed by atoms with Gasteiger partial charge >= 0.3 is 0 Å². The van der Waals surface area contributed by atoms with Crippen LogP contribution in [0.4, 0.5) is 0 Å². The Morgan fingerprint density at radius 2 is 1.86 bits per heavy atom. The summed E-state index contributed by atoms with van der Waals surface area (Å²) in [7, 11) is 1.61.